The van der Waals surface area contributed by atoms with Crippen LogP contribution in [-0.4, -0.2) is 83.6 Å². The molecule has 4 unspecified atom stereocenters. The van der Waals surface area contributed by atoms with Crippen LogP contribution in [0.25, 0.3) is 0 Å². The highest BCUT2D eigenvalue weighted by molar-refractivity contribution is 7.97. The van der Waals surface area contributed by atoms with Crippen molar-refractivity contribution in [2.75, 3.05) is 44.3 Å². The summed E-state index contributed by atoms with van der Waals surface area (Å²) in [4.78, 5) is 14.8. The SMILES string of the molecule is CC(P)C1CCC(NC(=O)CC(CO)SN2CCOC3(CCN(c4ccc(OC(F)(F)F)cc4)C3)C2)CC1. The van der Waals surface area contributed by atoms with E-state index in [1.165, 1.54) is 24.1 Å². The van der Waals surface area contributed by atoms with Gasteiger partial charge in [-0.1, -0.05) is 18.9 Å². The minimum Gasteiger partial charge on any atom is -0.406 e. The molecule has 214 valence electrons. The Morgan fingerprint density at radius 3 is 2.58 bits per heavy atom. The molecular formula is C26H39F3N3O4PS. The Morgan fingerprint density at radius 1 is 1.24 bits per heavy atom. The quantitative estimate of drug-likeness (QED) is 0.337. The van der Waals surface area contributed by atoms with Gasteiger partial charge in [-0.3, -0.25) is 4.79 Å². The van der Waals surface area contributed by atoms with Crippen LogP contribution >= 0.6 is 21.2 Å². The average Bonchev–Trinajstić information content (AvgIpc) is 3.26. The number of alkyl halides is 3. The van der Waals surface area contributed by atoms with Crippen molar-refractivity contribution >= 4 is 32.8 Å². The largest absolute Gasteiger partial charge is 0.573 e. The summed E-state index contributed by atoms with van der Waals surface area (Å²) >= 11 is 1.52. The van der Waals surface area contributed by atoms with E-state index >= 15 is 0 Å². The fraction of sp³-hybridized carbons (Fsp3) is 0.731. The number of nitrogens with zero attached hydrogens (tertiary/aromatic N) is 2. The van der Waals surface area contributed by atoms with Crippen LogP contribution in [0, 0.1) is 5.92 Å². The molecule has 4 atom stereocenters. The van der Waals surface area contributed by atoms with E-state index in [2.05, 4.69) is 35.4 Å². The van der Waals surface area contributed by atoms with Crippen molar-refractivity contribution < 1.29 is 32.5 Å². The Morgan fingerprint density at radius 2 is 1.95 bits per heavy atom. The second-order valence-electron chi connectivity index (χ2n) is 10.8. The molecule has 2 heterocycles. The van der Waals surface area contributed by atoms with Crippen molar-refractivity contribution in [1.29, 1.82) is 0 Å². The molecule has 12 heteroatoms. The maximum Gasteiger partial charge on any atom is 0.573 e. The van der Waals surface area contributed by atoms with E-state index in [-0.39, 0.29) is 36.0 Å². The van der Waals surface area contributed by atoms with Crippen molar-refractivity contribution in [3.63, 3.8) is 0 Å². The molecule has 2 saturated heterocycles. The molecule has 7 nitrogen and oxygen atoms in total. The Kier molecular flexibility index (Phi) is 10.1. The van der Waals surface area contributed by atoms with Crippen molar-refractivity contribution in [1.82, 2.24) is 9.62 Å². The van der Waals surface area contributed by atoms with E-state index in [0.29, 0.717) is 37.8 Å². The topological polar surface area (TPSA) is 74.3 Å². The maximum absolute atomic E-state index is 12.7. The highest BCUT2D eigenvalue weighted by Gasteiger charge is 2.43. The fourth-order valence-corrected chi connectivity index (χ4v) is 7.29. The third kappa shape index (κ3) is 8.37. The van der Waals surface area contributed by atoms with Crippen LogP contribution in [0.15, 0.2) is 24.3 Å². The van der Waals surface area contributed by atoms with E-state index in [9.17, 15) is 23.1 Å². The summed E-state index contributed by atoms with van der Waals surface area (Å²) in [5.74, 6) is 0.455. The van der Waals surface area contributed by atoms with Crippen LogP contribution in [0.2, 0.25) is 0 Å². The summed E-state index contributed by atoms with van der Waals surface area (Å²) in [6.45, 7) is 5.38. The maximum atomic E-state index is 12.7. The van der Waals surface area contributed by atoms with Gasteiger partial charge in [0.2, 0.25) is 5.91 Å². The monoisotopic (exact) mass is 577 g/mol. The number of halogens is 3. The summed E-state index contributed by atoms with van der Waals surface area (Å²) in [7, 11) is 2.89. The van der Waals surface area contributed by atoms with Gasteiger partial charge in [-0.15, -0.1) is 22.4 Å². The van der Waals surface area contributed by atoms with Crippen LogP contribution in [0.3, 0.4) is 0 Å². The zero-order valence-corrected chi connectivity index (χ0v) is 23.8. The lowest BCUT2D eigenvalue weighted by atomic mass is 9.84. The molecule has 38 heavy (non-hydrogen) atoms. The van der Waals surface area contributed by atoms with Gasteiger partial charge in [0.05, 0.1) is 18.5 Å². The summed E-state index contributed by atoms with van der Waals surface area (Å²) in [6.07, 6.45) is 0.615. The number of amides is 1. The van der Waals surface area contributed by atoms with E-state index in [0.717, 1.165) is 44.3 Å². The molecule has 1 aliphatic carbocycles. The van der Waals surface area contributed by atoms with Crippen LogP contribution in [0.5, 0.6) is 5.75 Å². The molecule has 0 bridgehead atoms. The molecule has 3 aliphatic rings. The number of anilines is 1. The lowest BCUT2D eigenvalue weighted by molar-refractivity contribution is -0.274. The normalized spacial score (nSPS) is 28.3. The smallest absolute Gasteiger partial charge is 0.406 e. The second kappa shape index (κ2) is 12.9. The number of hydrogen-bond acceptors (Lipinski definition) is 7. The zero-order chi connectivity index (χ0) is 27.3. The zero-order valence-electron chi connectivity index (χ0n) is 21.8. The number of carbonyl (C=O) groups is 1. The third-order valence-electron chi connectivity index (χ3n) is 7.76. The first-order chi connectivity index (χ1) is 18.0. The summed E-state index contributed by atoms with van der Waals surface area (Å²) < 4.78 is 49.7. The van der Waals surface area contributed by atoms with Gasteiger partial charge >= 0.3 is 6.36 Å². The molecule has 1 spiro atoms. The predicted molar refractivity (Wildman–Crippen MR) is 146 cm³/mol. The first-order valence-electron chi connectivity index (χ1n) is 13.4. The number of hydrogen-bond donors (Lipinski definition) is 2. The van der Waals surface area contributed by atoms with Gasteiger partial charge in [-0.25, -0.2) is 4.31 Å². The molecule has 1 saturated carbocycles. The number of aliphatic hydroxyl groups is 1. The van der Waals surface area contributed by atoms with E-state index < -0.39 is 12.0 Å². The molecule has 1 aromatic rings. The lowest BCUT2D eigenvalue weighted by Gasteiger charge is -2.40. The molecule has 1 amide bonds. The number of ether oxygens (including phenoxy) is 2. The van der Waals surface area contributed by atoms with Crippen LogP contribution in [-0.2, 0) is 9.53 Å². The van der Waals surface area contributed by atoms with E-state index in [1.54, 1.807) is 12.1 Å². The van der Waals surface area contributed by atoms with Crippen molar-refractivity contribution in [3.05, 3.63) is 24.3 Å². The van der Waals surface area contributed by atoms with Gasteiger partial charge < -0.3 is 24.8 Å². The minimum atomic E-state index is -4.71. The molecule has 2 aliphatic heterocycles. The minimum absolute atomic E-state index is 0.00751. The van der Waals surface area contributed by atoms with Gasteiger partial charge in [0, 0.05) is 44.3 Å². The van der Waals surface area contributed by atoms with Gasteiger partial charge in [-0.2, -0.15) is 0 Å². The van der Waals surface area contributed by atoms with Crippen molar-refractivity contribution in [3.8, 4) is 5.75 Å². The summed E-state index contributed by atoms with van der Waals surface area (Å²) in [6, 6.07) is 6.12. The number of rotatable bonds is 9. The Labute approximate surface area is 229 Å². The second-order valence-corrected chi connectivity index (χ2v) is 13.2. The number of nitrogens with one attached hydrogen (secondary N) is 1. The fourth-order valence-electron chi connectivity index (χ4n) is 5.70. The van der Waals surface area contributed by atoms with E-state index in [1.807, 2.05) is 0 Å². The molecule has 0 aromatic heterocycles. The molecule has 3 fully saturated rings. The van der Waals surface area contributed by atoms with Crippen molar-refractivity contribution in [2.45, 2.75) is 74.4 Å². The average molecular weight is 578 g/mol. The third-order valence-corrected chi connectivity index (χ3v) is 9.53. The van der Waals surface area contributed by atoms with Gasteiger partial charge in [0.15, 0.2) is 0 Å². The molecular weight excluding hydrogens is 538 g/mol. The van der Waals surface area contributed by atoms with Gasteiger partial charge in [-0.05, 0) is 67.9 Å². The number of morpholine rings is 1. The predicted octanol–water partition coefficient (Wildman–Crippen LogP) is 4.20. The molecule has 1 aromatic carbocycles. The summed E-state index contributed by atoms with van der Waals surface area (Å²) in [5, 5.41) is 12.9. The van der Waals surface area contributed by atoms with E-state index in [4.69, 9.17) is 4.74 Å². The summed E-state index contributed by atoms with van der Waals surface area (Å²) in [5.41, 5.74) is 1.02. The first kappa shape index (κ1) is 29.7. The van der Waals surface area contributed by atoms with Gasteiger partial charge in [0.25, 0.3) is 0 Å². The Balaban J connectivity index is 1.25. The van der Waals surface area contributed by atoms with Gasteiger partial charge in [0.1, 0.15) is 11.4 Å². The lowest BCUT2D eigenvalue weighted by Crippen LogP contribution is -2.51. The highest BCUT2D eigenvalue weighted by Crippen LogP contribution is 2.36. The number of aliphatic hydroxyl groups excluding tert-OH is 1. The number of benzene rings is 1. The van der Waals surface area contributed by atoms with Crippen molar-refractivity contribution in [2.24, 2.45) is 5.92 Å². The van der Waals surface area contributed by atoms with Crippen LogP contribution in [0.1, 0.15) is 45.4 Å². The van der Waals surface area contributed by atoms with Crippen LogP contribution in [0.4, 0.5) is 18.9 Å². The highest BCUT2D eigenvalue weighted by atomic mass is 32.2. The number of carbonyl (C=O) groups excluding carboxylic acids is 1. The Bertz CT molecular complexity index is 918. The molecule has 2 N–H and O–H groups in total. The Hall–Kier alpha value is -1.26. The standard InChI is InChI=1S/C26H39F3N3O4PS/c1-18(37)19-2-4-20(5-3-19)30-24(34)14-23(15-33)38-32-12-13-35-25(17-32)10-11-31(16-25)21-6-8-22(9-7-21)36-26(27,28)29/h6-9,18-20,23,33H,2-5,10-17,37H2,1H3,(H,30,34). The molecule has 0 radical (unpaired) electrons. The molecule has 4 rings (SSSR count). The van der Waals surface area contributed by atoms with Crippen LogP contribution < -0.4 is 15.0 Å². The first-order valence-corrected chi connectivity index (χ1v) is 14.9.